The molecule has 1 aliphatic carbocycles. The summed E-state index contributed by atoms with van der Waals surface area (Å²) in [4.78, 5) is 19.0. The molecule has 0 bridgehead atoms. The van der Waals surface area contributed by atoms with Gasteiger partial charge >= 0.3 is 0 Å². The largest absolute Gasteiger partial charge is 0.379 e. The molecule has 6 nitrogen and oxygen atoms in total. The Morgan fingerprint density at radius 1 is 1.42 bits per heavy atom. The van der Waals surface area contributed by atoms with Crippen molar-refractivity contribution < 1.29 is 9.53 Å². The SMILES string of the molecule is CCn1ncc2c1[C@@H](COCC1CC1)N(C(=O)c1cscn1)CC2. The van der Waals surface area contributed by atoms with Gasteiger partial charge in [0.15, 0.2) is 0 Å². The van der Waals surface area contributed by atoms with Crippen molar-refractivity contribution in [1.82, 2.24) is 19.7 Å². The van der Waals surface area contributed by atoms with Crippen LogP contribution in [0, 0.1) is 5.92 Å². The van der Waals surface area contributed by atoms with Gasteiger partial charge in [-0.25, -0.2) is 4.98 Å². The zero-order valence-corrected chi connectivity index (χ0v) is 14.7. The average molecular weight is 346 g/mol. The molecule has 2 aromatic rings. The van der Waals surface area contributed by atoms with Crippen LogP contribution < -0.4 is 0 Å². The number of nitrogens with zero attached hydrogens (tertiary/aromatic N) is 4. The van der Waals surface area contributed by atoms with Gasteiger partial charge in [-0.15, -0.1) is 11.3 Å². The molecular formula is C17H22N4O2S. The number of aromatic nitrogens is 3. The van der Waals surface area contributed by atoms with Crippen LogP contribution in [-0.2, 0) is 17.7 Å². The van der Waals surface area contributed by atoms with Crippen LogP contribution in [0.1, 0.15) is 47.6 Å². The van der Waals surface area contributed by atoms with E-state index in [0.717, 1.165) is 25.3 Å². The van der Waals surface area contributed by atoms with Crippen LogP contribution in [0.2, 0.25) is 0 Å². The van der Waals surface area contributed by atoms with E-state index in [1.54, 1.807) is 5.51 Å². The first kappa shape index (κ1) is 15.8. The minimum absolute atomic E-state index is 0.00854. The molecule has 0 spiro atoms. The maximum Gasteiger partial charge on any atom is 0.273 e. The molecule has 4 rings (SSSR count). The molecule has 0 aromatic carbocycles. The highest BCUT2D eigenvalue weighted by molar-refractivity contribution is 7.07. The van der Waals surface area contributed by atoms with Crippen LogP contribution in [0.4, 0.5) is 0 Å². The topological polar surface area (TPSA) is 60.2 Å². The number of hydrogen-bond acceptors (Lipinski definition) is 5. The summed E-state index contributed by atoms with van der Waals surface area (Å²) in [5.74, 6) is 0.706. The van der Waals surface area contributed by atoms with E-state index in [1.165, 1.54) is 29.7 Å². The number of amides is 1. The number of ether oxygens (including phenoxy) is 1. The summed E-state index contributed by atoms with van der Waals surface area (Å²) < 4.78 is 7.97. The summed E-state index contributed by atoms with van der Waals surface area (Å²) in [6.07, 6.45) is 5.32. The third kappa shape index (κ3) is 2.98. The molecule has 1 aliphatic heterocycles. The van der Waals surface area contributed by atoms with Crippen molar-refractivity contribution in [2.45, 2.75) is 38.8 Å². The lowest BCUT2D eigenvalue weighted by Gasteiger charge is -2.36. The fraction of sp³-hybridized carbons (Fsp3) is 0.588. The lowest BCUT2D eigenvalue weighted by Crippen LogP contribution is -2.43. The predicted octanol–water partition coefficient (Wildman–Crippen LogP) is 2.53. The Bertz CT molecular complexity index is 695. The fourth-order valence-corrected chi connectivity index (χ4v) is 3.84. The van der Waals surface area contributed by atoms with E-state index in [-0.39, 0.29) is 11.9 Å². The van der Waals surface area contributed by atoms with E-state index in [9.17, 15) is 4.79 Å². The van der Waals surface area contributed by atoms with Crippen molar-refractivity contribution in [2.75, 3.05) is 19.8 Å². The van der Waals surface area contributed by atoms with Crippen molar-refractivity contribution in [3.63, 3.8) is 0 Å². The van der Waals surface area contributed by atoms with E-state index in [4.69, 9.17) is 4.74 Å². The highest BCUT2D eigenvalue weighted by Crippen LogP contribution is 2.33. The van der Waals surface area contributed by atoms with E-state index >= 15 is 0 Å². The van der Waals surface area contributed by atoms with E-state index in [1.807, 2.05) is 21.2 Å². The van der Waals surface area contributed by atoms with E-state index in [0.29, 0.717) is 24.8 Å². The number of thiazole rings is 1. The minimum Gasteiger partial charge on any atom is -0.379 e. The van der Waals surface area contributed by atoms with Gasteiger partial charge < -0.3 is 9.64 Å². The third-order valence-electron chi connectivity index (χ3n) is 4.81. The Hall–Kier alpha value is -1.73. The van der Waals surface area contributed by atoms with Gasteiger partial charge in [-0.05, 0) is 37.7 Å². The van der Waals surface area contributed by atoms with Crippen LogP contribution in [0.15, 0.2) is 17.1 Å². The normalized spacial score (nSPS) is 20.2. The van der Waals surface area contributed by atoms with Crippen LogP contribution in [0.3, 0.4) is 0 Å². The molecule has 128 valence electrons. The van der Waals surface area contributed by atoms with Crippen molar-refractivity contribution in [3.05, 3.63) is 34.0 Å². The number of aryl methyl sites for hydroxylation is 1. The number of carbonyl (C=O) groups is 1. The van der Waals surface area contributed by atoms with Gasteiger partial charge in [-0.3, -0.25) is 9.48 Å². The molecule has 2 aromatic heterocycles. The summed E-state index contributed by atoms with van der Waals surface area (Å²) in [6.45, 7) is 4.90. The first-order valence-electron chi connectivity index (χ1n) is 8.59. The Labute approximate surface area is 145 Å². The highest BCUT2D eigenvalue weighted by Gasteiger charge is 2.35. The molecule has 0 unspecified atom stereocenters. The predicted molar refractivity (Wildman–Crippen MR) is 91.0 cm³/mol. The van der Waals surface area contributed by atoms with E-state index in [2.05, 4.69) is 17.0 Å². The smallest absolute Gasteiger partial charge is 0.273 e. The van der Waals surface area contributed by atoms with Gasteiger partial charge in [0.1, 0.15) is 5.69 Å². The molecule has 0 radical (unpaired) electrons. The average Bonchev–Trinajstić information content (AvgIpc) is 3.11. The zero-order valence-electron chi connectivity index (χ0n) is 13.9. The van der Waals surface area contributed by atoms with Crippen LogP contribution in [-0.4, -0.2) is 45.3 Å². The second-order valence-electron chi connectivity index (χ2n) is 6.49. The van der Waals surface area contributed by atoms with Gasteiger partial charge in [0.25, 0.3) is 5.91 Å². The second-order valence-corrected chi connectivity index (χ2v) is 7.21. The maximum absolute atomic E-state index is 12.9. The van der Waals surface area contributed by atoms with E-state index < -0.39 is 0 Å². The number of carbonyl (C=O) groups excluding carboxylic acids is 1. The van der Waals surface area contributed by atoms with Gasteiger partial charge in [0.2, 0.25) is 0 Å². The lowest BCUT2D eigenvalue weighted by atomic mass is 9.99. The van der Waals surface area contributed by atoms with Crippen LogP contribution in [0.5, 0.6) is 0 Å². The summed E-state index contributed by atoms with van der Waals surface area (Å²) in [7, 11) is 0. The van der Waals surface area contributed by atoms with Gasteiger partial charge in [-0.1, -0.05) is 0 Å². The monoisotopic (exact) mass is 346 g/mol. The standard InChI is InChI=1S/C17H22N4O2S/c1-2-21-16-13(7-19-21)5-6-20(17(22)14-10-24-11-18-14)15(16)9-23-8-12-3-4-12/h7,10-12,15H,2-6,8-9H2,1H3/t15-/m1/s1. The molecule has 0 saturated heterocycles. The first-order chi connectivity index (χ1) is 11.8. The second kappa shape index (κ2) is 6.64. The molecule has 1 atom stereocenters. The van der Waals surface area contributed by atoms with Gasteiger partial charge in [0, 0.05) is 25.1 Å². The number of fused-ring (bicyclic) bond motifs is 1. The molecule has 1 fully saturated rings. The fourth-order valence-electron chi connectivity index (χ4n) is 3.32. The quantitative estimate of drug-likeness (QED) is 0.806. The Kier molecular flexibility index (Phi) is 4.37. The van der Waals surface area contributed by atoms with Crippen molar-refractivity contribution >= 4 is 17.2 Å². The minimum atomic E-state index is -0.0795. The summed E-state index contributed by atoms with van der Waals surface area (Å²) in [5, 5.41) is 6.30. The zero-order chi connectivity index (χ0) is 16.5. The Morgan fingerprint density at radius 2 is 2.29 bits per heavy atom. The Morgan fingerprint density at radius 3 is 3.00 bits per heavy atom. The summed E-state index contributed by atoms with van der Waals surface area (Å²) >= 11 is 1.45. The molecular weight excluding hydrogens is 324 g/mol. The molecule has 0 N–H and O–H groups in total. The first-order valence-corrected chi connectivity index (χ1v) is 9.53. The maximum atomic E-state index is 12.9. The van der Waals surface area contributed by atoms with Crippen LogP contribution >= 0.6 is 11.3 Å². The van der Waals surface area contributed by atoms with Gasteiger partial charge in [0.05, 0.1) is 30.1 Å². The molecule has 1 saturated carbocycles. The Balaban J connectivity index is 1.60. The highest BCUT2D eigenvalue weighted by atomic mass is 32.1. The molecule has 7 heteroatoms. The number of rotatable bonds is 6. The van der Waals surface area contributed by atoms with Crippen LogP contribution in [0.25, 0.3) is 0 Å². The molecule has 1 amide bonds. The molecule has 2 aliphatic rings. The third-order valence-corrected chi connectivity index (χ3v) is 5.40. The number of hydrogen-bond donors (Lipinski definition) is 0. The summed E-state index contributed by atoms with van der Waals surface area (Å²) in [6, 6.07) is -0.0795. The van der Waals surface area contributed by atoms with Gasteiger partial charge in [-0.2, -0.15) is 5.10 Å². The van der Waals surface area contributed by atoms with Crippen molar-refractivity contribution in [2.24, 2.45) is 5.92 Å². The summed E-state index contributed by atoms with van der Waals surface area (Å²) in [5.41, 5.74) is 4.60. The molecule has 24 heavy (non-hydrogen) atoms. The lowest BCUT2D eigenvalue weighted by molar-refractivity contribution is 0.0342. The van der Waals surface area contributed by atoms with Crippen molar-refractivity contribution in [1.29, 1.82) is 0 Å². The molecule has 3 heterocycles. The van der Waals surface area contributed by atoms with Crippen molar-refractivity contribution in [3.8, 4) is 0 Å².